The number of nitrogens with zero attached hydrogens (tertiary/aromatic N) is 1. The topological polar surface area (TPSA) is 88.5 Å². The molecule has 0 unspecified atom stereocenters. The molecule has 0 aliphatic carbocycles. The van der Waals surface area contributed by atoms with Crippen LogP contribution in [-0.4, -0.2) is 28.4 Å². The van der Waals surface area contributed by atoms with Crippen LogP contribution in [-0.2, 0) is 4.79 Å². The number of amides is 1. The van der Waals surface area contributed by atoms with E-state index in [4.69, 9.17) is 21.4 Å². The fraction of sp³-hybridized carbons (Fsp3) is 0.0455. The number of benzene rings is 2. The number of pyridine rings is 1. The molecule has 0 atom stereocenters. The van der Waals surface area contributed by atoms with Crippen LogP contribution in [0.15, 0.2) is 72.9 Å². The summed E-state index contributed by atoms with van der Waals surface area (Å²) in [6.45, 7) is -0.603. The van der Waals surface area contributed by atoms with Gasteiger partial charge in [0, 0.05) is 16.9 Å². The lowest BCUT2D eigenvalue weighted by atomic mass is 10.1. The van der Waals surface area contributed by atoms with Crippen LogP contribution >= 0.6 is 11.6 Å². The molecule has 146 valence electrons. The summed E-state index contributed by atoms with van der Waals surface area (Å²) < 4.78 is 5.73. The molecule has 6 nitrogen and oxygen atoms in total. The van der Waals surface area contributed by atoms with Gasteiger partial charge in [-0.3, -0.25) is 9.59 Å². The number of hydrogen-bond donors (Lipinski definition) is 2. The Morgan fingerprint density at radius 3 is 2.66 bits per heavy atom. The molecule has 1 aromatic heterocycles. The number of hydrogen-bond acceptors (Lipinski definition) is 5. The average Bonchev–Trinajstić information content (AvgIpc) is 2.74. The summed E-state index contributed by atoms with van der Waals surface area (Å²) in [6.07, 6.45) is 4.23. The van der Waals surface area contributed by atoms with E-state index < -0.39 is 18.3 Å². The first-order chi connectivity index (χ1) is 14.1. The van der Waals surface area contributed by atoms with Crippen LogP contribution in [0.5, 0.6) is 11.6 Å². The highest BCUT2D eigenvalue weighted by Gasteiger charge is 2.16. The monoisotopic (exact) mass is 408 g/mol. The van der Waals surface area contributed by atoms with Gasteiger partial charge in [-0.2, -0.15) is 0 Å². The van der Waals surface area contributed by atoms with E-state index >= 15 is 0 Å². The summed E-state index contributed by atoms with van der Waals surface area (Å²) in [5.74, 6) is -0.182. The number of carbonyl (C=O) groups excluding carboxylic acids is 2. The number of aliphatic hydroxyl groups is 1. The Balaban J connectivity index is 1.86. The van der Waals surface area contributed by atoms with Gasteiger partial charge >= 0.3 is 0 Å². The normalized spacial score (nSPS) is 10.7. The quantitative estimate of drug-likeness (QED) is 0.567. The van der Waals surface area contributed by atoms with Crippen LogP contribution in [0.1, 0.15) is 15.9 Å². The summed E-state index contributed by atoms with van der Waals surface area (Å²) >= 11 is 6.02. The van der Waals surface area contributed by atoms with Crippen LogP contribution < -0.4 is 10.1 Å². The lowest BCUT2D eigenvalue weighted by Gasteiger charge is -2.12. The fourth-order valence-electron chi connectivity index (χ4n) is 2.46. The third-order valence-corrected chi connectivity index (χ3v) is 4.08. The number of para-hydroxylation sites is 1. The van der Waals surface area contributed by atoms with Crippen LogP contribution in [0.2, 0.25) is 5.02 Å². The van der Waals surface area contributed by atoms with E-state index in [-0.39, 0.29) is 11.4 Å². The largest absolute Gasteiger partial charge is 0.438 e. The van der Waals surface area contributed by atoms with Gasteiger partial charge in [-0.25, -0.2) is 4.98 Å². The van der Waals surface area contributed by atoms with Crippen LogP contribution in [0, 0.1) is 0 Å². The molecule has 3 rings (SSSR count). The van der Waals surface area contributed by atoms with Crippen molar-refractivity contribution in [2.75, 3.05) is 11.9 Å². The predicted octanol–water partition coefficient (Wildman–Crippen LogP) is 4.35. The third-order valence-electron chi connectivity index (χ3n) is 3.84. The Bertz CT molecular complexity index is 1050. The van der Waals surface area contributed by atoms with E-state index in [2.05, 4.69) is 10.3 Å². The minimum atomic E-state index is -0.603. The molecule has 2 N–H and O–H groups in total. The van der Waals surface area contributed by atoms with E-state index in [0.29, 0.717) is 22.0 Å². The number of halogens is 1. The summed E-state index contributed by atoms with van der Waals surface area (Å²) in [5.41, 5.74) is 1.20. The van der Waals surface area contributed by atoms with Gasteiger partial charge in [0.2, 0.25) is 5.88 Å². The molecule has 3 aromatic rings. The number of aliphatic hydroxyl groups excluding tert-OH is 1. The number of aromatic nitrogens is 1. The van der Waals surface area contributed by atoms with E-state index in [1.165, 1.54) is 18.3 Å². The smallest absolute Gasteiger partial charge is 0.261 e. The van der Waals surface area contributed by atoms with Crippen LogP contribution in [0.3, 0.4) is 0 Å². The first kappa shape index (κ1) is 20.3. The van der Waals surface area contributed by atoms with Crippen molar-refractivity contribution in [2.24, 2.45) is 0 Å². The van der Waals surface area contributed by atoms with Crippen molar-refractivity contribution < 1.29 is 19.4 Å². The van der Waals surface area contributed by atoms with E-state index in [1.54, 1.807) is 42.5 Å². The number of carbonyl (C=O) groups is 2. The van der Waals surface area contributed by atoms with Crippen molar-refractivity contribution >= 4 is 35.1 Å². The molecule has 0 aliphatic heterocycles. The van der Waals surface area contributed by atoms with Crippen molar-refractivity contribution in [2.45, 2.75) is 0 Å². The molecule has 1 amide bonds. The van der Waals surface area contributed by atoms with E-state index in [0.717, 1.165) is 0 Å². The lowest BCUT2D eigenvalue weighted by molar-refractivity contribution is -0.117. The summed E-state index contributed by atoms with van der Waals surface area (Å²) in [5, 5.41) is 12.1. The van der Waals surface area contributed by atoms with Gasteiger partial charge in [0.05, 0.1) is 0 Å². The highest BCUT2D eigenvalue weighted by Crippen LogP contribution is 2.26. The van der Waals surface area contributed by atoms with Crippen molar-refractivity contribution in [1.29, 1.82) is 0 Å². The minimum absolute atomic E-state index is 0.165. The molecule has 0 bridgehead atoms. The lowest BCUT2D eigenvalue weighted by Crippen LogP contribution is -2.14. The Hall–Kier alpha value is -3.48. The second kappa shape index (κ2) is 9.64. The molecular formula is C22H17ClN2O4. The van der Waals surface area contributed by atoms with Gasteiger partial charge in [0.15, 0.2) is 5.78 Å². The third kappa shape index (κ3) is 5.51. The maximum Gasteiger partial charge on any atom is 0.261 e. The van der Waals surface area contributed by atoms with E-state index in [1.807, 2.05) is 18.2 Å². The summed E-state index contributed by atoms with van der Waals surface area (Å²) in [4.78, 5) is 28.4. The van der Waals surface area contributed by atoms with Gasteiger partial charge in [-0.05, 0) is 60.2 Å². The average molecular weight is 409 g/mol. The zero-order valence-electron chi connectivity index (χ0n) is 15.2. The van der Waals surface area contributed by atoms with Crippen LogP contribution in [0.4, 0.5) is 5.69 Å². The molecule has 1 heterocycles. The van der Waals surface area contributed by atoms with Gasteiger partial charge in [-0.15, -0.1) is 0 Å². The van der Waals surface area contributed by atoms with Crippen molar-refractivity contribution in [1.82, 2.24) is 4.98 Å². The highest BCUT2D eigenvalue weighted by atomic mass is 35.5. The summed E-state index contributed by atoms with van der Waals surface area (Å²) in [6, 6.07) is 17.1. The first-order valence-electron chi connectivity index (χ1n) is 8.67. The maximum absolute atomic E-state index is 12.9. The van der Waals surface area contributed by atoms with Gasteiger partial charge < -0.3 is 15.2 Å². The molecule has 0 spiro atoms. The minimum Gasteiger partial charge on any atom is -0.438 e. The fourth-order valence-corrected chi connectivity index (χ4v) is 2.64. The maximum atomic E-state index is 12.9. The number of nitrogens with one attached hydrogen (secondary N) is 1. The molecule has 2 aromatic carbocycles. The molecule has 0 aliphatic rings. The molecular weight excluding hydrogens is 392 g/mol. The molecule has 0 fully saturated rings. The molecule has 0 saturated heterocycles. The standard InChI is InChI=1S/C22H17ClN2O4/c23-16-9-11-20(15(13-16)8-10-17(27)14-26)25-21(28)19-7-4-12-24-22(19)29-18-5-2-1-3-6-18/h1-13,26H,14H2,(H,25,28)/b10-8+. The molecule has 29 heavy (non-hydrogen) atoms. The molecule has 0 saturated carbocycles. The number of anilines is 1. The van der Waals surface area contributed by atoms with Crippen molar-refractivity contribution in [3.05, 3.63) is 89.1 Å². The first-order valence-corrected chi connectivity index (χ1v) is 9.05. The highest BCUT2D eigenvalue weighted by molar-refractivity contribution is 6.31. The SMILES string of the molecule is O=C(/C=C/c1cc(Cl)ccc1NC(=O)c1cccnc1Oc1ccccc1)CO. The van der Waals surface area contributed by atoms with Gasteiger partial charge in [-0.1, -0.05) is 29.8 Å². The zero-order chi connectivity index (χ0) is 20.6. The predicted molar refractivity (Wildman–Crippen MR) is 111 cm³/mol. The Kier molecular flexibility index (Phi) is 6.73. The zero-order valence-corrected chi connectivity index (χ0v) is 16.0. The van der Waals surface area contributed by atoms with Crippen LogP contribution in [0.25, 0.3) is 6.08 Å². The van der Waals surface area contributed by atoms with Crippen molar-refractivity contribution in [3.8, 4) is 11.6 Å². The van der Waals surface area contributed by atoms with Gasteiger partial charge in [0.1, 0.15) is 17.9 Å². The van der Waals surface area contributed by atoms with E-state index in [9.17, 15) is 9.59 Å². The number of ketones is 1. The second-order valence-corrected chi connectivity index (χ2v) is 6.35. The summed E-state index contributed by atoms with van der Waals surface area (Å²) in [7, 11) is 0. The Morgan fingerprint density at radius 1 is 1.10 bits per heavy atom. The number of rotatable bonds is 7. The number of ether oxygens (including phenoxy) is 1. The van der Waals surface area contributed by atoms with Gasteiger partial charge in [0.25, 0.3) is 5.91 Å². The van der Waals surface area contributed by atoms with Crippen molar-refractivity contribution in [3.63, 3.8) is 0 Å². The second-order valence-electron chi connectivity index (χ2n) is 5.91. The Labute approximate surface area is 172 Å². The Morgan fingerprint density at radius 2 is 1.90 bits per heavy atom. The molecule has 0 radical (unpaired) electrons. The molecule has 7 heteroatoms.